The third-order valence-corrected chi connectivity index (χ3v) is 4.69. The fourth-order valence-corrected chi connectivity index (χ4v) is 3.28. The van der Waals surface area contributed by atoms with Gasteiger partial charge in [0.05, 0.1) is 0 Å². The molecule has 1 atom stereocenters. The van der Waals surface area contributed by atoms with Crippen molar-refractivity contribution in [1.29, 1.82) is 0 Å². The van der Waals surface area contributed by atoms with Gasteiger partial charge in [0, 0.05) is 31.3 Å². The van der Waals surface area contributed by atoms with Gasteiger partial charge in [0.25, 0.3) is 5.91 Å². The molecule has 1 aromatic heterocycles. The summed E-state index contributed by atoms with van der Waals surface area (Å²) >= 11 is 0. The van der Waals surface area contributed by atoms with E-state index in [1.54, 1.807) is 41.4 Å². The number of pyridine rings is 1. The minimum Gasteiger partial charge on any atom is -0.484 e. The van der Waals surface area contributed by atoms with E-state index in [2.05, 4.69) is 4.98 Å². The normalized spacial score (nSPS) is 16.4. The van der Waals surface area contributed by atoms with Crippen LogP contribution in [0.25, 0.3) is 0 Å². The van der Waals surface area contributed by atoms with Crippen molar-refractivity contribution < 1.29 is 24.2 Å². The van der Waals surface area contributed by atoms with Gasteiger partial charge in [-0.1, -0.05) is 6.07 Å². The van der Waals surface area contributed by atoms with Gasteiger partial charge in [-0.15, -0.1) is 0 Å². The first-order chi connectivity index (χ1) is 13.6. The third-order valence-electron chi connectivity index (χ3n) is 4.69. The molecule has 0 bridgehead atoms. The first-order valence-electron chi connectivity index (χ1n) is 9.45. The van der Waals surface area contributed by atoms with E-state index in [1.807, 2.05) is 12.1 Å². The van der Waals surface area contributed by atoms with Gasteiger partial charge in [-0.05, 0) is 56.0 Å². The van der Waals surface area contributed by atoms with E-state index in [1.165, 1.54) is 0 Å². The van der Waals surface area contributed by atoms with Crippen LogP contribution in [0, 0.1) is 0 Å². The number of carbonyl (C=O) groups is 2. The van der Waals surface area contributed by atoms with Crippen molar-refractivity contribution in [1.82, 2.24) is 9.88 Å². The van der Waals surface area contributed by atoms with Crippen molar-refractivity contribution in [3.8, 4) is 17.4 Å². The highest BCUT2D eigenvalue weighted by Crippen LogP contribution is 2.23. The highest BCUT2D eigenvalue weighted by Gasteiger charge is 2.27. The number of amides is 1. The highest BCUT2D eigenvalue weighted by atomic mass is 16.5. The summed E-state index contributed by atoms with van der Waals surface area (Å²) in [6.45, 7) is 0.591. The molecule has 1 aliphatic rings. The Kier molecular flexibility index (Phi) is 6.84. The smallest absolute Gasteiger partial charge is 0.303 e. The second-order valence-electron chi connectivity index (χ2n) is 6.70. The lowest BCUT2D eigenvalue weighted by molar-refractivity contribution is -0.141. The lowest BCUT2D eigenvalue weighted by atomic mass is 9.98. The number of carbonyl (C=O) groups excluding carboxylic acids is 1. The Morgan fingerprint density at radius 1 is 1.11 bits per heavy atom. The molecule has 1 amide bonds. The largest absolute Gasteiger partial charge is 0.484 e. The van der Waals surface area contributed by atoms with E-state index in [0.29, 0.717) is 30.3 Å². The molecule has 1 aromatic carbocycles. The molecular formula is C21H24N2O5. The lowest BCUT2D eigenvalue weighted by Gasteiger charge is -2.35. The van der Waals surface area contributed by atoms with Crippen LogP contribution in [-0.2, 0) is 9.59 Å². The van der Waals surface area contributed by atoms with Crippen LogP contribution in [0.5, 0.6) is 17.4 Å². The van der Waals surface area contributed by atoms with Crippen LogP contribution in [-0.4, -0.2) is 46.1 Å². The molecule has 7 heteroatoms. The topological polar surface area (TPSA) is 89.0 Å². The molecule has 1 N–H and O–H groups in total. The SMILES string of the molecule is O=C(O)CCC1CCCCN1C(=O)COc1ccc(Oc2ccccn2)cc1. The van der Waals surface area contributed by atoms with E-state index in [0.717, 1.165) is 19.3 Å². The Bertz CT molecular complexity index is 779. The number of hydrogen-bond acceptors (Lipinski definition) is 5. The number of piperidine rings is 1. The van der Waals surface area contributed by atoms with E-state index < -0.39 is 5.97 Å². The number of benzene rings is 1. The number of likely N-dealkylation sites (tertiary alicyclic amines) is 1. The Morgan fingerprint density at radius 2 is 1.89 bits per heavy atom. The monoisotopic (exact) mass is 384 g/mol. The van der Waals surface area contributed by atoms with Crippen LogP contribution in [0.15, 0.2) is 48.7 Å². The van der Waals surface area contributed by atoms with Gasteiger partial charge in [-0.25, -0.2) is 4.98 Å². The van der Waals surface area contributed by atoms with Crippen molar-refractivity contribution in [2.75, 3.05) is 13.2 Å². The zero-order chi connectivity index (χ0) is 19.8. The molecule has 1 unspecified atom stereocenters. The van der Waals surface area contributed by atoms with Crippen molar-refractivity contribution in [3.05, 3.63) is 48.7 Å². The number of aliphatic carboxylic acids is 1. The van der Waals surface area contributed by atoms with Gasteiger partial charge in [-0.2, -0.15) is 0 Å². The molecule has 148 valence electrons. The molecule has 1 fully saturated rings. The molecular weight excluding hydrogens is 360 g/mol. The lowest BCUT2D eigenvalue weighted by Crippen LogP contribution is -2.46. The van der Waals surface area contributed by atoms with Gasteiger partial charge < -0.3 is 19.5 Å². The van der Waals surface area contributed by atoms with Crippen molar-refractivity contribution in [2.45, 2.75) is 38.1 Å². The standard InChI is InChI=1S/C21H24N2O5/c24-20(23-14-4-2-5-16(23)7-12-21(25)26)15-27-17-8-10-18(11-9-17)28-19-6-1-3-13-22-19/h1,3,6,8-11,13,16H,2,4-5,7,12,14-15H2,(H,25,26). The van der Waals surface area contributed by atoms with Crippen LogP contribution in [0.2, 0.25) is 0 Å². The fourth-order valence-electron chi connectivity index (χ4n) is 3.28. The minimum atomic E-state index is -0.831. The van der Waals surface area contributed by atoms with Gasteiger partial charge >= 0.3 is 5.97 Å². The highest BCUT2D eigenvalue weighted by molar-refractivity contribution is 5.78. The van der Waals surface area contributed by atoms with Crippen molar-refractivity contribution in [3.63, 3.8) is 0 Å². The number of nitrogens with zero attached hydrogens (tertiary/aromatic N) is 2. The Morgan fingerprint density at radius 3 is 2.61 bits per heavy atom. The molecule has 28 heavy (non-hydrogen) atoms. The number of carboxylic acid groups (broad SMARTS) is 1. The van der Waals surface area contributed by atoms with E-state index in [9.17, 15) is 9.59 Å². The van der Waals surface area contributed by atoms with Crippen LogP contribution < -0.4 is 9.47 Å². The molecule has 1 aliphatic heterocycles. The molecule has 0 aliphatic carbocycles. The molecule has 0 spiro atoms. The maximum atomic E-state index is 12.6. The van der Waals surface area contributed by atoms with Crippen molar-refractivity contribution in [2.24, 2.45) is 0 Å². The Labute approximate surface area is 163 Å². The first kappa shape index (κ1) is 19.7. The van der Waals surface area contributed by atoms with E-state index in [4.69, 9.17) is 14.6 Å². The van der Waals surface area contributed by atoms with Crippen molar-refractivity contribution >= 4 is 11.9 Å². The summed E-state index contributed by atoms with van der Waals surface area (Å²) < 4.78 is 11.2. The number of hydrogen-bond donors (Lipinski definition) is 1. The van der Waals surface area contributed by atoms with Crippen LogP contribution in [0.1, 0.15) is 32.1 Å². The summed E-state index contributed by atoms with van der Waals surface area (Å²) in [4.78, 5) is 29.3. The molecule has 1 saturated heterocycles. The Hall–Kier alpha value is -3.09. The molecule has 0 radical (unpaired) electrons. The fraction of sp³-hybridized carbons (Fsp3) is 0.381. The van der Waals surface area contributed by atoms with Gasteiger partial charge in [-0.3, -0.25) is 9.59 Å². The second kappa shape index (κ2) is 9.73. The number of rotatable bonds is 8. The summed E-state index contributed by atoms with van der Waals surface area (Å²) in [6.07, 6.45) is 5.02. The molecule has 0 saturated carbocycles. The average Bonchev–Trinajstić information content (AvgIpc) is 2.72. The molecule has 2 heterocycles. The Balaban J connectivity index is 1.51. The quantitative estimate of drug-likeness (QED) is 0.749. The van der Waals surface area contributed by atoms with Gasteiger partial charge in [0.1, 0.15) is 11.5 Å². The summed E-state index contributed by atoms with van der Waals surface area (Å²) in [5, 5.41) is 8.89. The van der Waals surface area contributed by atoms with Crippen LogP contribution in [0.3, 0.4) is 0 Å². The van der Waals surface area contributed by atoms with Crippen LogP contribution in [0.4, 0.5) is 0 Å². The number of carboxylic acids is 1. The first-order valence-corrected chi connectivity index (χ1v) is 9.45. The van der Waals surface area contributed by atoms with E-state index >= 15 is 0 Å². The third kappa shape index (κ3) is 5.70. The predicted octanol–water partition coefficient (Wildman–Crippen LogP) is 3.50. The zero-order valence-corrected chi connectivity index (χ0v) is 15.6. The molecule has 7 nitrogen and oxygen atoms in total. The second-order valence-corrected chi connectivity index (χ2v) is 6.70. The minimum absolute atomic E-state index is 0.0184. The summed E-state index contributed by atoms with van der Waals surface area (Å²) in [5.41, 5.74) is 0. The van der Waals surface area contributed by atoms with Gasteiger partial charge in [0.15, 0.2) is 6.61 Å². The molecule has 2 aromatic rings. The maximum absolute atomic E-state index is 12.6. The maximum Gasteiger partial charge on any atom is 0.303 e. The number of ether oxygens (including phenoxy) is 2. The predicted molar refractivity (Wildman–Crippen MR) is 102 cm³/mol. The summed E-state index contributed by atoms with van der Waals surface area (Å²) in [5.74, 6) is 0.762. The van der Waals surface area contributed by atoms with Gasteiger partial charge in [0.2, 0.25) is 5.88 Å². The summed E-state index contributed by atoms with van der Waals surface area (Å²) in [7, 11) is 0. The van der Waals surface area contributed by atoms with E-state index in [-0.39, 0.29) is 25.0 Å². The molecule has 3 rings (SSSR count). The number of aromatic nitrogens is 1. The summed E-state index contributed by atoms with van der Waals surface area (Å²) in [6, 6.07) is 12.4. The zero-order valence-electron chi connectivity index (χ0n) is 15.6. The van der Waals surface area contributed by atoms with Crippen LogP contribution >= 0.6 is 0 Å². The average molecular weight is 384 g/mol.